The summed E-state index contributed by atoms with van der Waals surface area (Å²) in [5.74, 6) is 5.16. The summed E-state index contributed by atoms with van der Waals surface area (Å²) in [6, 6.07) is 8.80. The zero-order chi connectivity index (χ0) is 15.0. The maximum Gasteiger partial charge on any atom is 0.148 e. The minimum atomic E-state index is -0.481. The van der Waals surface area contributed by atoms with Crippen LogP contribution in [0.3, 0.4) is 0 Å². The van der Waals surface area contributed by atoms with E-state index < -0.39 is 11.9 Å². The van der Waals surface area contributed by atoms with Crippen molar-refractivity contribution >= 4 is 27.5 Å². The molecule has 6 heteroatoms. The molecule has 0 spiro atoms. The van der Waals surface area contributed by atoms with E-state index in [-0.39, 0.29) is 5.02 Å². The highest BCUT2D eigenvalue weighted by Gasteiger charge is 2.21. The van der Waals surface area contributed by atoms with Crippen LogP contribution in [0.1, 0.15) is 28.3 Å². The molecule has 2 aromatic rings. The largest absolute Gasteiger partial charge is 0.372 e. The molecule has 1 aliphatic rings. The summed E-state index contributed by atoms with van der Waals surface area (Å²) in [4.78, 5) is 0. The summed E-state index contributed by atoms with van der Waals surface area (Å²) < 4.78 is 20.3. The van der Waals surface area contributed by atoms with Gasteiger partial charge in [0, 0.05) is 10.0 Å². The fraction of sp³-hybridized carbons (Fsp3) is 0.200. The number of hydrazine groups is 1. The molecule has 3 rings (SSSR count). The molecule has 0 amide bonds. The Bertz CT molecular complexity index is 696. The number of nitrogens with two attached hydrogens (primary N) is 1. The third-order valence-electron chi connectivity index (χ3n) is 3.62. The van der Waals surface area contributed by atoms with Gasteiger partial charge in [0.15, 0.2) is 0 Å². The van der Waals surface area contributed by atoms with Crippen molar-refractivity contribution in [2.75, 3.05) is 0 Å². The normalized spacial score (nSPS) is 15.0. The Morgan fingerprint density at radius 2 is 2.00 bits per heavy atom. The maximum atomic E-state index is 14.4. The molecule has 21 heavy (non-hydrogen) atoms. The third kappa shape index (κ3) is 2.72. The Labute approximate surface area is 135 Å². The molecular formula is C15H13BrClFN2O. The number of fused-ring (bicyclic) bond motifs is 1. The summed E-state index contributed by atoms with van der Waals surface area (Å²) in [6.07, 6.45) is 0. The van der Waals surface area contributed by atoms with Crippen LogP contribution >= 0.6 is 27.5 Å². The number of hydrogen-bond acceptors (Lipinski definition) is 3. The van der Waals surface area contributed by atoms with Gasteiger partial charge >= 0.3 is 0 Å². The molecule has 1 unspecified atom stereocenters. The van der Waals surface area contributed by atoms with Crippen LogP contribution in [0.4, 0.5) is 4.39 Å². The monoisotopic (exact) mass is 370 g/mol. The molecule has 3 nitrogen and oxygen atoms in total. The lowest BCUT2D eigenvalue weighted by molar-refractivity contribution is 0.134. The van der Waals surface area contributed by atoms with E-state index in [1.165, 1.54) is 0 Å². The summed E-state index contributed by atoms with van der Waals surface area (Å²) in [5.41, 5.74) is 6.20. The van der Waals surface area contributed by atoms with Crippen molar-refractivity contribution in [3.8, 4) is 0 Å². The van der Waals surface area contributed by atoms with Gasteiger partial charge in [0.05, 0.1) is 24.3 Å². The fourth-order valence-corrected chi connectivity index (χ4v) is 2.98. The van der Waals surface area contributed by atoms with Gasteiger partial charge in [-0.15, -0.1) is 0 Å². The number of nitrogens with one attached hydrogen (secondary N) is 1. The zero-order valence-corrected chi connectivity index (χ0v) is 13.3. The van der Waals surface area contributed by atoms with Crippen molar-refractivity contribution in [3.05, 3.63) is 67.9 Å². The van der Waals surface area contributed by atoms with Crippen LogP contribution in [0, 0.1) is 5.82 Å². The van der Waals surface area contributed by atoms with Gasteiger partial charge in [-0.3, -0.25) is 5.84 Å². The van der Waals surface area contributed by atoms with E-state index in [1.54, 1.807) is 12.1 Å². The highest BCUT2D eigenvalue weighted by Crippen LogP contribution is 2.33. The molecule has 2 aromatic carbocycles. The van der Waals surface area contributed by atoms with Crippen molar-refractivity contribution in [1.82, 2.24) is 5.43 Å². The topological polar surface area (TPSA) is 47.3 Å². The van der Waals surface area contributed by atoms with E-state index in [9.17, 15) is 4.39 Å². The van der Waals surface area contributed by atoms with Crippen LogP contribution in [0.25, 0.3) is 0 Å². The maximum absolute atomic E-state index is 14.4. The highest BCUT2D eigenvalue weighted by molar-refractivity contribution is 9.10. The van der Waals surface area contributed by atoms with Crippen LogP contribution in [0.2, 0.25) is 5.02 Å². The lowest BCUT2D eigenvalue weighted by atomic mass is 9.96. The molecule has 1 heterocycles. The SMILES string of the molecule is NNC(c1ccc2c(c1)COC2)c1ccc(Br)c(Cl)c1F. The Hall–Kier alpha value is -0.980. The first-order valence-electron chi connectivity index (χ1n) is 6.40. The molecule has 1 atom stereocenters. The second-order valence-corrected chi connectivity index (χ2v) is 6.12. The van der Waals surface area contributed by atoms with Gasteiger partial charge in [-0.1, -0.05) is 35.9 Å². The number of rotatable bonds is 3. The van der Waals surface area contributed by atoms with Gasteiger partial charge in [0.25, 0.3) is 0 Å². The first-order chi connectivity index (χ1) is 10.1. The highest BCUT2D eigenvalue weighted by atomic mass is 79.9. The predicted molar refractivity (Wildman–Crippen MR) is 83.2 cm³/mol. The van der Waals surface area contributed by atoms with Gasteiger partial charge in [-0.25, -0.2) is 9.82 Å². The van der Waals surface area contributed by atoms with Gasteiger partial charge in [-0.2, -0.15) is 0 Å². The number of halogens is 3. The van der Waals surface area contributed by atoms with E-state index in [2.05, 4.69) is 21.4 Å². The second kappa shape index (κ2) is 6.02. The van der Waals surface area contributed by atoms with Crippen LogP contribution in [0.5, 0.6) is 0 Å². The van der Waals surface area contributed by atoms with Gasteiger partial charge in [0.2, 0.25) is 0 Å². The molecule has 0 fully saturated rings. The van der Waals surface area contributed by atoms with Crippen molar-refractivity contribution in [2.45, 2.75) is 19.3 Å². The quantitative estimate of drug-likeness (QED) is 0.490. The second-order valence-electron chi connectivity index (χ2n) is 4.89. The van der Waals surface area contributed by atoms with Gasteiger partial charge in [-0.05, 0) is 38.7 Å². The number of benzene rings is 2. The Kier molecular flexibility index (Phi) is 4.28. The van der Waals surface area contributed by atoms with Crippen molar-refractivity contribution in [1.29, 1.82) is 0 Å². The Balaban J connectivity index is 2.05. The van der Waals surface area contributed by atoms with E-state index in [0.29, 0.717) is 23.2 Å². The molecular weight excluding hydrogens is 359 g/mol. The van der Waals surface area contributed by atoms with Crippen LogP contribution < -0.4 is 11.3 Å². The van der Waals surface area contributed by atoms with Crippen LogP contribution in [0.15, 0.2) is 34.8 Å². The minimum Gasteiger partial charge on any atom is -0.372 e. The number of ether oxygens (including phenoxy) is 1. The third-order valence-corrected chi connectivity index (χ3v) is 4.88. The summed E-state index contributed by atoms with van der Waals surface area (Å²) in [7, 11) is 0. The van der Waals surface area contributed by atoms with Crippen LogP contribution in [-0.2, 0) is 18.0 Å². The van der Waals surface area contributed by atoms with E-state index in [4.69, 9.17) is 22.2 Å². The molecule has 0 aliphatic carbocycles. The zero-order valence-electron chi connectivity index (χ0n) is 11.0. The minimum absolute atomic E-state index is 0.0530. The van der Waals surface area contributed by atoms with E-state index in [0.717, 1.165) is 16.7 Å². The fourth-order valence-electron chi connectivity index (χ4n) is 2.50. The molecule has 3 N–H and O–H groups in total. The summed E-state index contributed by atoms with van der Waals surface area (Å²) >= 11 is 9.16. The molecule has 0 aromatic heterocycles. The lowest BCUT2D eigenvalue weighted by Crippen LogP contribution is -2.29. The Morgan fingerprint density at radius 3 is 2.76 bits per heavy atom. The number of hydrogen-bond donors (Lipinski definition) is 2. The van der Waals surface area contributed by atoms with Crippen LogP contribution in [-0.4, -0.2) is 0 Å². The Morgan fingerprint density at radius 1 is 1.24 bits per heavy atom. The van der Waals surface area contributed by atoms with E-state index in [1.807, 2.05) is 18.2 Å². The van der Waals surface area contributed by atoms with Gasteiger partial charge in [0.1, 0.15) is 5.82 Å². The molecule has 0 bridgehead atoms. The molecule has 0 saturated carbocycles. The first-order valence-corrected chi connectivity index (χ1v) is 7.58. The molecule has 1 aliphatic heterocycles. The first kappa shape index (κ1) is 14.9. The van der Waals surface area contributed by atoms with E-state index >= 15 is 0 Å². The smallest absolute Gasteiger partial charge is 0.148 e. The molecule has 110 valence electrons. The standard InChI is InChI=1S/C15H13BrClFN2O/c16-12-4-3-11(14(18)13(12)17)15(20-19)8-1-2-9-6-21-7-10(9)5-8/h1-5,15,20H,6-7,19H2. The molecule has 0 radical (unpaired) electrons. The lowest BCUT2D eigenvalue weighted by Gasteiger charge is -2.19. The van der Waals surface area contributed by atoms with Crippen molar-refractivity contribution in [2.24, 2.45) is 5.84 Å². The summed E-state index contributed by atoms with van der Waals surface area (Å²) in [5, 5.41) is 0.0530. The summed E-state index contributed by atoms with van der Waals surface area (Å²) in [6.45, 7) is 1.19. The van der Waals surface area contributed by atoms with Crippen molar-refractivity contribution < 1.29 is 9.13 Å². The molecule has 0 saturated heterocycles. The van der Waals surface area contributed by atoms with Gasteiger partial charge < -0.3 is 4.74 Å². The average Bonchev–Trinajstić information content (AvgIpc) is 2.95. The predicted octanol–water partition coefficient (Wildman–Crippen LogP) is 3.82. The van der Waals surface area contributed by atoms with Crippen molar-refractivity contribution in [3.63, 3.8) is 0 Å². The average molecular weight is 372 g/mol.